The average molecular weight is 411 g/mol. The molecule has 0 spiro atoms. The molecule has 7 heteroatoms. The normalized spacial score (nSPS) is 11.4. The first-order valence-corrected chi connectivity index (χ1v) is 9.09. The fraction of sp³-hybridized carbons (Fsp3) is 0.0870. The van der Waals surface area contributed by atoms with E-state index in [4.69, 9.17) is 9.15 Å². The van der Waals surface area contributed by atoms with Crippen LogP contribution in [0.4, 0.5) is 18.9 Å². The Bertz CT molecular complexity index is 1180. The van der Waals surface area contributed by atoms with Gasteiger partial charge in [-0.25, -0.2) is 0 Å². The summed E-state index contributed by atoms with van der Waals surface area (Å²) in [6.45, 7) is 0.0619. The molecule has 1 aromatic heterocycles. The van der Waals surface area contributed by atoms with Crippen molar-refractivity contribution in [2.75, 3.05) is 5.32 Å². The zero-order chi connectivity index (χ0) is 21.1. The number of amides is 1. The molecule has 4 aromatic rings. The van der Waals surface area contributed by atoms with Crippen molar-refractivity contribution in [3.63, 3.8) is 0 Å². The van der Waals surface area contributed by atoms with E-state index in [1.165, 1.54) is 12.1 Å². The average Bonchev–Trinajstić information content (AvgIpc) is 3.11. The molecule has 0 bridgehead atoms. The molecule has 0 saturated carbocycles. The van der Waals surface area contributed by atoms with Gasteiger partial charge < -0.3 is 14.5 Å². The molecule has 0 atom stereocenters. The first-order valence-electron chi connectivity index (χ1n) is 9.09. The maximum Gasteiger partial charge on any atom is 0.416 e. The van der Waals surface area contributed by atoms with Crippen LogP contribution in [0.25, 0.3) is 11.0 Å². The second-order valence-corrected chi connectivity index (χ2v) is 6.54. The second kappa shape index (κ2) is 7.94. The highest BCUT2D eigenvalue weighted by Crippen LogP contribution is 2.32. The smallest absolute Gasteiger partial charge is 0.416 e. The molecule has 4 nitrogen and oxygen atoms in total. The van der Waals surface area contributed by atoms with Crippen LogP contribution in [0.2, 0.25) is 0 Å². The van der Waals surface area contributed by atoms with E-state index in [2.05, 4.69) is 5.32 Å². The van der Waals surface area contributed by atoms with Gasteiger partial charge in [-0.3, -0.25) is 4.79 Å². The molecule has 152 valence electrons. The van der Waals surface area contributed by atoms with Gasteiger partial charge in [-0.15, -0.1) is 0 Å². The van der Waals surface area contributed by atoms with E-state index in [0.717, 1.165) is 12.1 Å². The molecule has 0 saturated heterocycles. The number of para-hydroxylation sites is 2. The summed E-state index contributed by atoms with van der Waals surface area (Å²) in [7, 11) is 0. The van der Waals surface area contributed by atoms with Gasteiger partial charge in [0, 0.05) is 16.6 Å². The Balaban J connectivity index is 1.64. The minimum atomic E-state index is -4.51. The third-order valence-corrected chi connectivity index (χ3v) is 4.48. The fourth-order valence-electron chi connectivity index (χ4n) is 3.06. The summed E-state index contributed by atoms with van der Waals surface area (Å²) in [6.07, 6.45) is -4.51. The number of rotatable bonds is 5. The van der Waals surface area contributed by atoms with E-state index in [1.54, 1.807) is 36.4 Å². The van der Waals surface area contributed by atoms with Crippen LogP contribution in [0.5, 0.6) is 5.75 Å². The summed E-state index contributed by atoms with van der Waals surface area (Å²) in [5.74, 6) is -0.0475. The first-order chi connectivity index (χ1) is 14.4. The van der Waals surface area contributed by atoms with Crippen LogP contribution in [-0.2, 0) is 12.8 Å². The monoisotopic (exact) mass is 411 g/mol. The number of carbonyl (C=O) groups is 1. The lowest BCUT2D eigenvalue weighted by atomic mass is 10.1. The van der Waals surface area contributed by atoms with Crippen LogP contribution in [0, 0.1) is 0 Å². The Hall–Kier alpha value is -3.74. The number of hydrogen-bond acceptors (Lipinski definition) is 3. The number of hydrogen-bond donors (Lipinski definition) is 1. The molecule has 4 rings (SSSR count). The molecule has 0 aliphatic carbocycles. The lowest BCUT2D eigenvalue weighted by molar-refractivity contribution is -0.137. The maximum absolute atomic E-state index is 12.9. The summed E-state index contributed by atoms with van der Waals surface area (Å²) >= 11 is 0. The summed E-state index contributed by atoms with van der Waals surface area (Å²) < 4.78 is 50.3. The van der Waals surface area contributed by atoms with Crippen LogP contribution in [0.15, 0.2) is 83.3 Å². The SMILES string of the molecule is O=C(Nc1cccc(C(F)(F)F)c1)c1oc2ccccc2c1COc1ccccc1. The molecule has 0 aliphatic rings. The van der Waals surface area contributed by atoms with Crippen LogP contribution < -0.4 is 10.1 Å². The van der Waals surface area contributed by atoms with E-state index >= 15 is 0 Å². The van der Waals surface area contributed by atoms with E-state index in [1.807, 2.05) is 18.2 Å². The van der Waals surface area contributed by atoms with Gasteiger partial charge in [0.1, 0.15) is 17.9 Å². The van der Waals surface area contributed by atoms with E-state index in [0.29, 0.717) is 22.3 Å². The quantitative estimate of drug-likeness (QED) is 0.420. The summed E-state index contributed by atoms with van der Waals surface area (Å²) in [5, 5.41) is 3.18. The molecule has 0 radical (unpaired) electrons. The van der Waals surface area contributed by atoms with Crippen molar-refractivity contribution < 1.29 is 27.1 Å². The van der Waals surface area contributed by atoms with Gasteiger partial charge in [-0.2, -0.15) is 13.2 Å². The zero-order valence-corrected chi connectivity index (χ0v) is 15.6. The molecule has 0 fully saturated rings. The Morgan fingerprint density at radius 2 is 1.67 bits per heavy atom. The van der Waals surface area contributed by atoms with E-state index in [-0.39, 0.29) is 18.1 Å². The van der Waals surface area contributed by atoms with Crippen molar-refractivity contribution in [2.45, 2.75) is 12.8 Å². The standard InChI is InChI=1S/C23H16F3NO3/c24-23(25,26)15-7-6-8-16(13-15)27-22(28)21-19(14-29-17-9-2-1-3-10-17)18-11-4-5-12-20(18)30-21/h1-13H,14H2,(H,27,28). The van der Waals surface area contributed by atoms with Crippen molar-refractivity contribution >= 4 is 22.6 Å². The molecule has 3 aromatic carbocycles. The predicted molar refractivity (Wildman–Crippen MR) is 106 cm³/mol. The lowest BCUT2D eigenvalue weighted by Crippen LogP contribution is -2.14. The lowest BCUT2D eigenvalue weighted by Gasteiger charge is -2.10. The second-order valence-electron chi connectivity index (χ2n) is 6.54. The summed E-state index contributed by atoms with van der Waals surface area (Å²) in [5.41, 5.74) is 0.167. The highest BCUT2D eigenvalue weighted by molar-refractivity contribution is 6.06. The molecule has 0 unspecified atom stereocenters. The van der Waals surface area contributed by atoms with E-state index in [9.17, 15) is 18.0 Å². The van der Waals surface area contributed by atoms with Crippen molar-refractivity contribution in [1.82, 2.24) is 0 Å². The number of halogens is 3. The Morgan fingerprint density at radius 1 is 0.933 bits per heavy atom. The maximum atomic E-state index is 12.9. The molecule has 1 amide bonds. The van der Waals surface area contributed by atoms with Crippen LogP contribution in [0.3, 0.4) is 0 Å². The number of furan rings is 1. The largest absolute Gasteiger partial charge is 0.489 e. The van der Waals surface area contributed by atoms with Gasteiger partial charge in [0.15, 0.2) is 5.76 Å². The molecule has 1 heterocycles. The number of anilines is 1. The van der Waals surface area contributed by atoms with Gasteiger partial charge in [-0.05, 0) is 36.4 Å². The summed E-state index contributed by atoms with van der Waals surface area (Å²) in [6, 6.07) is 20.6. The van der Waals surface area contributed by atoms with Crippen molar-refractivity contribution in [2.24, 2.45) is 0 Å². The third-order valence-electron chi connectivity index (χ3n) is 4.48. The zero-order valence-electron chi connectivity index (χ0n) is 15.6. The van der Waals surface area contributed by atoms with Crippen LogP contribution in [-0.4, -0.2) is 5.91 Å². The molecular weight excluding hydrogens is 395 g/mol. The van der Waals surface area contributed by atoms with Crippen molar-refractivity contribution in [3.05, 3.63) is 95.7 Å². The topological polar surface area (TPSA) is 51.5 Å². The number of carbonyl (C=O) groups excluding carboxylic acids is 1. The molecule has 0 aliphatic heterocycles. The Labute approximate surface area is 169 Å². The van der Waals surface area contributed by atoms with Crippen molar-refractivity contribution in [3.8, 4) is 5.75 Å². The van der Waals surface area contributed by atoms with Gasteiger partial charge in [-0.1, -0.05) is 42.5 Å². The highest BCUT2D eigenvalue weighted by atomic mass is 19.4. The molecule has 1 N–H and O–H groups in total. The van der Waals surface area contributed by atoms with Gasteiger partial charge in [0.05, 0.1) is 5.56 Å². The Kier molecular flexibility index (Phi) is 5.18. The van der Waals surface area contributed by atoms with E-state index < -0.39 is 17.6 Å². The number of ether oxygens (including phenoxy) is 1. The number of benzene rings is 3. The minimum absolute atomic E-state index is 0.00968. The number of fused-ring (bicyclic) bond motifs is 1. The first kappa shape index (κ1) is 19.6. The highest BCUT2D eigenvalue weighted by Gasteiger charge is 2.30. The van der Waals surface area contributed by atoms with Crippen molar-refractivity contribution in [1.29, 1.82) is 0 Å². The predicted octanol–water partition coefficient (Wildman–Crippen LogP) is 6.28. The number of alkyl halides is 3. The minimum Gasteiger partial charge on any atom is -0.489 e. The Morgan fingerprint density at radius 3 is 2.43 bits per heavy atom. The fourth-order valence-corrected chi connectivity index (χ4v) is 3.06. The summed E-state index contributed by atoms with van der Waals surface area (Å²) in [4.78, 5) is 12.8. The molecule has 30 heavy (non-hydrogen) atoms. The third kappa shape index (κ3) is 4.15. The van der Waals surface area contributed by atoms with Crippen LogP contribution >= 0.6 is 0 Å². The van der Waals surface area contributed by atoms with Gasteiger partial charge >= 0.3 is 6.18 Å². The van der Waals surface area contributed by atoms with Gasteiger partial charge in [0.25, 0.3) is 5.91 Å². The van der Waals surface area contributed by atoms with Gasteiger partial charge in [0.2, 0.25) is 0 Å². The molecular formula is C23H16F3NO3. The van der Waals surface area contributed by atoms with Crippen LogP contribution in [0.1, 0.15) is 21.7 Å². The number of nitrogens with one attached hydrogen (secondary N) is 1.